The van der Waals surface area contributed by atoms with Crippen molar-refractivity contribution in [1.82, 2.24) is 15.2 Å². The van der Waals surface area contributed by atoms with Gasteiger partial charge < -0.3 is 25.0 Å². The van der Waals surface area contributed by atoms with Gasteiger partial charge in [-0.15, -0.1) is 10.2 Å². The van der Waals surface area contributed by atoms with Gasteiger partial charge in [0.15, 0.2) is 17.3 Å². The van der Waals surface area contributed by atoms with Gasteiger partial charge in [-0.05, 0) is 18.3 Å². The SMILES string of the molecule is COc1cc(-c2nnc(NC(O)=S)[nH]2)c(O)cc1O. The Balaban J connectivity index is 2.41. The molecule has 19 heavy (non-hydrogen) atoms. The van der Waals surface area contributed by atoms with Crippen LogP contribution in [0.3, 0.4) is 0 Å². The second-order valence-electron chi connectivity index (χ2n) is 3.49. The molecule has 0 radical (unpaired) electrons. The number of phenolic OH excluding ortho intramolecular Hbond substituents is 2. The number of hydrogen-bond donors (Lipinski definition) is 5. The van der Waals surface area contributed by atoms with Crippen LogP contribution in [0.1, 0.15) is 0 Å². The highest BCUT2D eigenvalue weighted by atomic mass is 32.1. The number of nitrogens with zero attached hydrogens (tertiary/aromatic N) is 2. The lowest BCUT2D eigenvalue weighted by Gasteiger charge is -2.06. The third kappa shape index (κ3) is 2.65. The molecule has 8 nitrogen and oxygen atoms in total. The first-order valence-electron chi connectivity index (χ1n) is 5.04. The Morgan fingerprint density at radius 3 is 2.68 bits per heavy atom. The Hall–Kier alpha value is -2.55. The van der Waals surface area contributed by atoms with Crippen molar-refractivity contribution >= 4 is 23.3 Å². The Kier molecular flexibility index (Phi) is 3.38. The maximum Gasteiger partial charge on any atom is 0.261 e. The van der Waals surface area contributed by atoms with Gasteiger partial charge in [-0.3, -0.25) is 5.32 Å². The molecule has 0 aliphatic carbocycles. The molecule has 0 spiro atoms. The van der Waals surface area contributed by atoms with Crippen molar-refractivity contribution in [3.05, 3.63) is 12.1 Å². The summed E-state index contributed by atoms with van der Waals surface area (Å²) in [6, 6.07) is 2.52. The van der Waals surface area contributed by atoms with E-state index in [-0.39, 0.29) is 34.6 Å². The van der Waals surface area contributed by atoms with Crippen molar-refractivity contribution < 1.29 is 20.1 Å². The Labute approximate surface area is 112 Å². The Morgan fingerprint density at radius 1 is 1.32 bits per heavy atom. The number of aliphatic hydroxyl groups is 1. The number of hydrogen-bond acceptors (Lipinski definition) is 6. The predicted octanol–water partition coefficient (Wildman–Crippen LogP) is 1.15. The van der Waals surface area contributed by atoms with Crippen LogP contribution in [0.2, 0.25) is 0 Å². The van der Waals surface area contributed by atoms with Gasteiger partial charge in [-0.2, -0.15) is 0 Å². The normalized spacial score (nSPS) is 10.2. The molecule has 1 aromatic carbocycles. The van der Waals surface area contributed by atoms with Crippen molar-refractivity contribution in [2.24, 2.45) is 0 Å². The fraction of sp³-hybridized carbons (Fsp3) is 0.100. The summed E-state index contributed by atoms with van der Waals surface area (Å²) in [7, 11) is 1.38. The van der Waals surface area contributed by atoms with E-state index in [9.17, 15) is 10.2 Å². The number of methoxy groups -OCH3 is 1. The lowest BCUT2D eigenvalue weighted by Crippen LogP contribution is -2.07. The summed E-state index contributed by atoms with van der Waals surface area (Å²) in [5, 5.41) is 37.5. The van der Waals surface area contributed by atoms with Crippen LogP contribution in [-0.4, -0.2) is 42.8 Å². The minimum absolute atomic E-state index is 0.119. The van der Waals surface area contributed by atoms with E-state index in [0.717, 1.165) is 6.07 Å². The molecule has 2 aromatic rings. The smallest absolute Gasteiger partial charge is 0.261 e. The highest BCUT2D eigenvalue weighted by Crippen LogP contribution is 2.37. The topological polar surface area (TPSA) is 124 Å². The fourth-order valence-electron chi connectivity index (χ4n) is 1.45. The molecular formula is C10H10N4O4S. The molecule has 0 aliphatic heterocycles. The molecule has 0 amide bonds. The first kappa shape index (κ1) is 12.9. The molecule has 0 saturated heterocycles. The van der Waals surface area contributed by atoms with Crippen LogP contribution in [0.4, 0.5) is 5.95 Å². The van der Waals surface area contributed by atoms with Crippen LogP contribution in [0.15, 0.2) is 12.1 Å². The highest BCUT2D eigenvalue weighted by molar-refractivity contribution is 7.80. The number of nitrogens with one attached hydrogen (secondary N) is 2. The number of aromatic amines is 1. The van der Waals surface area contributed by atoms with Crippen molar-refractivity contribution in [3.8, 4) is 28.6 Å². The van der Waals surface area contributed by atoms with Gasteiger partial charge in [0.05, 0.1) is 12.7 Å². The number of thiocarbonyl (C=S) groups is 1. The maximum atomic E-state index is 9.76. The Bertz CT molecular complexity index is 628. The zero-order chi connectivity index (χ0) is 14.0. The molecule has 0 unspecified atom stereocenters. The molecule has 0 fully saturated rings. The first-order valence-corrected chi connectivity index (χ1v) is 5.45. The lowest BCUT2D eigenvalue weighted by molar-refractivity contribution is 0.370. The summed E-state index contributed by atoms with van der Waals surface area (Å²) >= 11 is 4.44. The molecule has 2 rings (SSSR count). The van der Waals surface area contributed by atoms with Crippen LogP contribution in [-0.2, 0) is 0 Å². The van der Waals surface area contributed by atoms with E-state index in [4.69, 9.17) is 9.84 Å². The van der Waals surface area contributed by atoms with Gasteiger partial charge in [0.1, 0.15) is 5.75 Å². The van der Waals surface area contributed by atoms with Gasteiger partial charge >= 0.3 is 0 Å². The fourth-order valence-corrected chi connectivity index (χ4v) is 1.55. The second-order valence-corrected chi connectivity index (χ2v) is 3.88. The van der Waals surface area contributed by atoms with E-state index in [1.54, 1.807) is 0 Å². The first-order chi connectivity index (χ1) is 9.01. The average Bonchev–Trinajstić information content (AvgIpc) is 2.76. The molecule has 5 N–H and O–H groups in total. The zero-order valence-corrected chi connectivity index (χ0v) is 10.5. The number of aliphatic hydroxyl groups excluding tert-OH is 1. The summed E-state index contributed by atoms with van der Waals surface area (Å²) < 4.78 is 4.93. The van der Waals surface area contributed by atoms with E-state index < -0.39 is 5.17 Å². The summed E-state index contributed by atoms with van der Waals surface area (Å²) in [4.78, 5) is 2.69. The minimum Gasteiger partial charge on any atom is -0.507 e. The van der Waals surface area contributed by atoms with Crippen molar-refractivity contribution in [1.29, 1.82) is 0 Å². The van der Waals surface area contributed by atoms with Crippen LogP contribution >= 0.6 is 12.2 Å². The van der Waals surface area contributed by atoms with Gasteiger partial charge in [-0.1, -0.05) is 0 Å². The van der Waals surface area contributed by atoms with Crippen LogP contribution in [0, 0.1) is 0 Å². The quantitative estimate of drug-likeness (QED) is 0.531. The van der Waals surface area contributed by atoms with Gasteiger partial charge in [0.2, 0.25) is 5.95 Å². The van der Waals surface area contributed by atoms with Crippen molar-refractivity contribution in [2.45, 2.75) is 0 Å². The monoisotopic (exact) mass is 282 g/mol. The number of aromatic hydroxyl groups is 2. The van der Waals surface area contributed by atoms with Gasteiger partial charge in [-0.25, -0.2) is 0 Å². The molecule has 100 valence electrons. The minimum atomic E-state index is -0.463. The lowest BCUT2D eigenvalue weighted by atomic mass is 10.1. The van der Waals surface area contributed by atoms with Crippen molar-refractivity contribution in [2.75, 3.05) is 12.4 Å². The number of rotatable bonds is 3. The summed E-state index contributed by atoms with van der Waals surface area (Å²) in [5.41, 5.74) is 0.277. The molecule has 0 aliphatic rings. The number of anilines is 1. The molecular weight excluding hydrogens is 272 g/mol. The highest BCUT2D eigenvalue weighted by Gasteiger charge is 2.14. The molecule has 0 bridgehead atoms. The van der Waals surface area contributed by atoms with E-state index in [1.165, 1.54) is 13.2 Å². The van der Waals surface area contributed by atoms with E-state index in [1.807, 2.05) is 0 Å². The predicted molar refractivity (Wildman–Crippen MR) is 70.5 cm³/mol. The standard InChI is InChI=1S/C10H10N4O4S/c1-18-7-2-4(5(15)3-6(7)16)8-11-9(14-13-8)12-10(17)19/h2-3,15-16H,1H3,(H3,11,12,13,14,17,19). The van der Waals surface area contributed by atoms with Gasteiger partial charge in [0.25, 0.3) is 5.17 Å². The van der Waals surface area contributed by atoms with Gasteiger partial charge in [0, 0.05) is 6.07 Å². The number of phenols is 2. The summed E-state index contributed by atoms with van der Waals surface area (Å²) in [5.74, 6) is 0.116. The molecule has 0 saturated carbocycles. The van der Waals surface area contributed by atoms with Crippen LogP contribution in [0.5, 0.6) is 17.2 Å². The summed E-state index contributed by atoms with van der Waals surface area (Å²) in [6.07, 6.45) is 0. The molecule has 9 heteroatoms. The third-order valence-corrected chi connectivity index (χ3v) is 2.37. The molecule has 0 atom stereocenters. The van der Waals surface area contributed by atoms with Crippen LogP contribution < -0.4 is 10.1 Å². The number of ether oxygens (including phenoxy) is 1. The third-order valence-electron chi connectivity index (χ3n) is 2.26. The number of H-pyrrole nitrogens is 1. The summed E-state index contributed by atoms with van der Waals surface area (Å²) in [6.45, 7) is 0. The average molecular weight is 282 g/mol. The van der Waals surface area contributed by atoms with E-state index >= 15 is 0 Å². The number of aromatic nitrogens is 3. The van der Waals surface area contributed by atoms with Crippen LogP contribution in [0.25, 0.3) is 11.4 Å². The number of benzene rings is 1. The second kappa shape index (κ2) is 4.98. The largest absolute Gasteiger partial charge is 0.507 e. The maximum absolute atomic E-state index is 9.76. The molecule has 1 heterocycles. The van der Waals surface area contributed by atoms with Crippen molar-refractivity contribution in [3.63, 3.8) is 0 Å². The Morgan fingerprint density at radius 2 is 2.05 bits per heavy atom. The van der Waals surface area contributed by atoms with E-state index in [2.05, 4.69) is 32.7 Å². The van der Waals surface area contributed by atoms with E-state index in [0.29, 0.717) is 0 Å². The molecule has 1 aromatic heterocycles. The zero-order valence-electron chi connectivity index (χ0n) is 9.71.